The van der Waals surface area contributed by atoms with Gasteiger partial charge < -0.3 is 15.1 Å². The Morgan fingerprint density at radius 3 is 3.00 bits per heavy atom. The molecule has 90 valence electrons. The normalized spacial score (nSPS) is 19.2. The summed E-state index contributed by atoms with van der Waals surface area (Å²) in [5.74, 6) is 1.03. The van der Waals surface area contributed by atoms with Crippen LogP contribution in [0.15, 0.2) is 16.5 Å². The van der Waals surface area contributed by atoms with E-state index < -0.39 is 0 Å². The van der Waals surface area contributed by atoms with E-state index in [0.29, 0.717) is 18.3 Å². The summed E-state index contributed by atoms with van der Waals surface area (Å²) in [6.07, 6.45) is 2.33. The summed E-state index contributed by atoms with van der Waals surface area (Å²) in [5, 5.41) is 6.18. The van der Waals surface area contributed by atoms with Crippen molar-refractivity contribution in [3.8, 4) is 0 Å². The lowest BCUT2D eigenvalue weighted by Crippen LogP contribution is -2.37. The van der Waals surface area contributed by atoms with Crippen LogP contribution in [0.2, 0.25) is 0 Å². The molecule has 1 aliphatic rings. The number of carbonyl (C=O) groups excluding carboxylic acids is 1. The van der Waals surface area contributed by atoms with Gasteiger partial charge in [-0.15, -0.1) is 12.4 Å². The van der Waals surface area contributed by atoms with Crippen LogP contribution in [0.1, 0.15) is 29.2 Å². The predicted octanol–water partition coefficient (Wildman–Crippen LogP) is 1.49. The second-order valence-corrected chi connectivity index (χ2v) is 3.91. The Morgan fingerprint density at radius 1 is 1.62 bits per heavy atom. The molecular weight excluding hydrogens is 228 g/mol. The van der Waals surface area contributed by atoms with E-state index in [2.05, 4.69) is 10.6 Å². The third-order valence-corrected chi connectivity index (χ3v) is 2.64. The summed E-state index contributed by atoms with van der Waals surface area (Å²) in [5.41, 5.74) is 0. The summed E-state index contributed by atoms with van der Waals surface area (Å²) < 4.78 is 5.23. The minimum Gasteiger partial charge on any atom is -0.456 e. The van der Waals surface area contributed by atoms with Gasteiger partial charge in [0.1, 0.15) is 5.76 Å². The first-order valence-electron chi connectivity index (χ1n) is 5.34. The summed E-state index contributed by atoms with van der Waals surface area (Å²) >= 11 is 0. The van der Waals surface area contributed by atoms with E-state index in [1.807, 2.05) is 6.92 Å². The molecule has 2 N–H and O–H groups in total. The third kappa shape index (κ3) is 3.25. The number of nitrogens with one attached hydrogen (secondary N) is 2. The highest BCUT2D eigenvalue weighted by Gasteiger charge is 2.16. The Morgan fingerprint density at radius 2 is 2.44 bits per heavy atom. The number of carbonyl (C=O) groups is 1. The van der Waals surface area contributed by atoms with Gasteiger partial charge in [0.15, 0.2) is 5.76 Å². The van der Waals surface area contributed by atoms with Crippen LogP contribution in [0.25, 0.3) is 0 Å². The number of hydrogen-bond donors (Lipinski definition) is 2. The second-order valence-electron chi connectivity index (χ2n) is 3.91. The zero-order valence-corrected chi connectivity index (χ0v) is 10.1. The molecule has 0 radical (unpaired) electrons. The van der Waals surface area contributed by atoms with E-state index in [4.69, 9.17) is 4.42 Å². The number of hydrogen-bond acceptors (Lipinski definition) is 3. The lowest BCUT2D eigenvalue weighted by molar-refractivity contribution is 0.0921. The van der Waals surface area contributed by atoms with Crippen LogP contribution in [0, 0.1) is 6.92 Å². The SMILES string of the molecule is Cc1ccc(C(=O)NCC2CCCN2)o1.Cl. The van der Waals surface area contributed by atoms with Crippen molar-refractivity contribution in [2.24, 2.45) is 0 Å². The Balaban J connectivity index is 0.00000128. The van der Waals surface area contributed by atoms with Crippen LogP contribution in [0.4, 0.5) is 0 Å². The van der Waals surface area contributed by atoms with Crippen molar-refractivity contribution in [3.05, 3.63) is 23.7 Å². The Hall–Kier alpha value is -1.00. The van der Waals surface area contributed by atoms with Gasteiger partial charge in [-0.25, -0.2) is 0 Å². The van der Waals surface area contributed by atoms with Gasteiger partial charge in [0, 0.05) is 12.6 Å². The molecule has 1 aromatic heterocycles. The van der Waals surface area contributed by atoms with Crippen molar-refractivity contribution in [1.82, 2.24) is 10.6 Å². The van der Waals surface area contributed by atoms with Gasteiger partial charge in [-0.1, -0.05) is 0 Å². The fourth-order valence-electron chi connectivity index (χ4n) is 1.79. The summed E-state index contributed by atoms with van der Waals surface area (Å²) in [6.45, 7) is 3.56. The zero-order valence-electron chi connectivity index (χ0n) is 9.29. The van der Waals surface area contributed by atoms with Gasteiger partial charge in [0.2, 0.25) is 0 Å². The van der Waals surface area contributed by atoms with Crippen LogP contribution in [-0.2, 0) is 0 Å². The average Bonchev–Trinajstić information content (AvgIpc) is 2.84. The molecule has 1 aliphatic heterocycles. The largest absolute Gasteiger partial charge is 0.456 e. The number of furan rings is 1. The summed E-state index contributed by atoms with van der Waals surface area (Å²) in [6, 6.07) is 3.92. The standard InChI is InChI=1S/C11H16N2O2.ClH/c1-8-4-5-10(15-8)11(14)13-7-9-3-2-6-12-9;/h4-5,9,12H,2-3,6-7H2,1H3,(H,13,14);1H. The average molecular weight is 245 g/mol. The first-order valence-corrected chi connectivity index (χ1v) is 5.34. The second kappa shape index (κ2) is 5.92. The maximum atomic E-state index is 11.6. The predicted molar refractivity (Wildman–Crippen MR) is 64.1 cm³/mol. The molecule has 1 saturated heterocycles. The molecule has 1 unspecified atom stereocenters. The van der Waals surface area contributed by atoms with E-state index in [1.54, 1.807) is 12.1 Å². The van der Waals surface area contributed by atoms with Crippen molar-refractivity contribution in [1.29, 1.82) is 0 Å². The lowest BCUT2D eigenvalue weighted by atomic mass is 10.2. The minimum atomic E-state index is -0.128. The molecule has 2 heterocycles. The molecular formula is C11H17ClN2O2. The highest BCUT2D eigenvalue weighted by atomic mass is 35.5. The van der Waals surface area contributed by atoms with Gasteiger partial charge in [-0.05, 0) is 38.4 Å². The van der Waals surface area contributed by atoms with Crippen LogP contribution in [0.3, 0.4) is 0 Å². The molecule has 1 atom stereocenters. The van der Waals surface area contributed by atoms with Crippen molar-refractivity contribution in [2.45, 2.75) is 25.8 Å². The smallest absolute Gasteiger partial charge is 0.287 e. The highest BCUT2D eigenvalue weighted by molar-refractivity contribution is 5.91. The maximum Gasteiger partial charge on any atom is 0.287 e. The van der Waals surface area contributed by atoms with Crippen LogP contribution in [0.5, 0.6) is 0 Å². The topological polar surface area (TPSA) is 54.3 Å². The monoisotopic (exact) mass is 244 g/mol. The van der Waals surface area contributed by atoms with Crippen LogP contribution < -0.4 is 10.6 Å². The lowest BCUT2D eigenvalue weighted by Gasteiger charge is -2.10. The quantitative estimate of drug-likeness (QED) is 0.847. The van der Waals surface area contributed by atoms with E-state index in [9.17, 15) is 4.79 Å². The van der Waals surface area contributed by atoms with Crippen molar-refractivity contribution in [2.75, 3.05) is 13.1 Å². The van der Waals surface area contributed by atoms with Crippen molar-refractivity contribution >= 4 is 18.3 Å². The molecule has 0 aromatic carbocycles. The molecule has 0 saturated carbocycles. The highest BCUT2D eigenvalue weighted by Crippen LogP contribution is 2.07. The third-order valence-electron chi connectivity index (χ3n) is 2.64. The Labute approximate surface area is 101 Å². The minimum absolute atomic E-state index is 0. The first-order chi connectivity index (χ1) is 7.25. The van der Waals surface area contributed by atoms with Crippen molar-refractivity contribution in [3.63, 3.8) is 0 Å². The van der Waals surface area contributed by atoms with E-state index in [0.717, 1.165) is 18.7 Å². The summed E-state index contributed by atoms with van der Waals surface area (Å²) in [7, 11) is 0. The Kier molecular flexibility index (Phi) is 4.83. The maximum absolute atomic E-state index is 11.6. The van der Waals surface area contributed by atoms with Gasteiger partial charge >= 0.3 is 0 Å². The molecule has 0 bridgehead atoms. The first kappa shape index (κ1) is 13.1. The summed E-state index contributed by atoms with van der Waals surface area (Å²) in [4.78, 5) is 11.6. The van der Waals surface area contributed by atoms with E-state index in [1.165, 1.54) is 6.42 Å². The van der Waals surface area contributed by atoms with Gasteiger partial charge in [-0.2, -0.15) is 0 Å². The molecule has 0 aliphatic carbocycles. The molecule has 5 heteroatoms. The fourth-order valence-corrected chi connectivity index (χ4v) is 1.79. The fraction of sp³-hybridized carbons (Fsp3) is 0.545. The number of halogens is 1. The Bertz CT molecular complexity index is 346. The molecule has 2 rings (SSSR count). The molecule has 1 fully saturated rings. The number of aryl methyl sites for hydroxylation is 1. The molecule has 4 nitrogen and oxygen atoms in total. The van der Waals surface area contributed by atoms with Gasteiger partial charge in [0.25, 0.3) is 5.91 Å². The molecule has 1 aromatic rings. The van der Waals surface area contributed by atoms with Crippen molar-refractivity contribution < 1.29 is 9.21 Å². The number of rotatable bonds is 3. The van der Waals surface area contributed by atoms with Crippen LogP contribution >= 0.6 is 12.4 Å². The zero-order chi connectivity index (χ0) is 10.7. The van der Waals surface area contributed by atoms with E-state index >= 15 is 0 Å². The van der Waals surface area contributed by atoms with Crippen LogP contribution in [-0.4, -0.2) is 25.0 Å². The molecule has 1 amide bonds. The van der Waals surface area contributed by atoms with Gasteiger partial charge in [0.05, 0.1) is 0 Å². The van der Waals surface area contributed by atoms with Gasteiger partial charge in [-0.3, -0.25) is 4.79 Å². The number of amides is 1. The molecule has 16 heavy (non-hydrogen) atoms. The molecule has 0 spiro atoms. The van der Waals surface area contributed by atoms with E-state index in [-0.39, 0.29) is 18.3 Å².